The summed E-state index contributed by atoms with van der Waals surface area (Å²) in [5.41, 5.74) is 9.90. The van der Waals surface area contributed by atoms with Crippen molar-refractivity contribution >= 4 is 39.2 Å². The average molecular weight is 753 g/mol. The van der Waals surface area contributed by atoms with Crippen molar-refractivity contribution in [2.45, 2.75) is 46.1 Å². The Kier molecular flexibility index (Phi) is 7.83. The maximum absolute atomic E-state index is 6.04. The van der Waals surface area contributed by atoms with Crippen molar-refractivity contribution in [3.63, 3.8) is 0 Å². The Morgan fingerprint density at radius 1 is 0.886 bits per heavy atom. The van der Waals surface area contributed by atoms with Gasteiger partial charge in [-0.1, -0.05) is 60.7 Å². The Bertz CT molecular complexity index is 2160. The number of rotatable bonds is 3. The first kappa shape index (κ1) is 29.7. The van der Waals surface area contributed by atoms with Gasteiger partial charge >= 0.3 is 0 Å². The monoisotopic (exact) mass is 753 g/mol. The van der Waals surface area contributed by atoms with Crippen molar-refractivity contribution in [2.24, 2.45) is 0 Å². The molecule has 0 unspecified atom stereocenters. The van der Waals surface area contributed by atoms with E-state index in [9.17, 15) is 0 Å². The molecule has 5 heterocycles. The topological polar surface area (TPSA) is 56.7 Å². The number of fused-ring (bicyclic) bond motifs is 3. The van der Waals surface area contributed by atoms with Gasteiger partial charge in [-0.05, 0) is 62.2 Å². The van der Waals surface area contributed by atoms with Crippen molar-refractivity contribution in [2.75, 3.05) is 0 Å². The summed E-state index contributed by atoms with van der Waals surface area (Å²) in [5.74, 6) is 1.44. The minimum absolute atomic E-state index is 0. The number of allylic oxidation sites excluding steroid dienone is 1. The quantitative estimate of drug-likeness (QED) is 0.169. The van der Waals surface area contributed by atoms with Gasteiger partial charge in [0.1, 0.15) is 0 Å². The molecule has 1 radical (unpaired) electrons. The third-order valence-electron chi connectivity index (χ3n) is 8.05. The van der Waals surface area contributed by atoms with Gasteiger partial charge in [0.05, 0.1) is 28.0 Å². The molecule has 8 rings (SSSR count). The van der Waals surface area contributed by atoms with E-state index in [2.05, 4.69) is 109 Å². The van der Waals surface area contributed by atoms with Crippen LogP contribution in [0.3, 0.4) is 0 Å². The van der Waals surface area contributed by atoms with Crippen LogP contribution in [0.5, 0.6) is 0 Å². The standard InChI is InChI=1S/C20H17N2O.C18H15N2.Ir/c1-12(2)14-9-10-21-18(11-14)17-6-4-5-15-16-8-7-13(3)22-20(16)23-19(15)17;1-18(2)12-11-13-9-6-10-15-16(13)20(18)17(19-15)14-7-4-3-5-8-14;/h4-5,7-12H,1-3H3;3-7,9-12H,1-2H3;/q2*-1;. The maximum Gasteiger partial charge on any atom is 0.216 e. The third kappa shape index (κ3) is 5.19. The van der Waals surface area contributed by atoms with Gasteiger partial charge in [-0.15, -0.1) is 54.1 Å². The van der Waals surface area contributed by atoms with E-state index in [0.717, 1.165) is 50.2 Å². The number of hydrogen-bond acceptors (Lipinski definition) is 4. The van der Waals surface area contributed by atoms with E-state index in [1.807, 2.05) is 49.5 Å². The van der Waals surface area contributed by atoms with Crippen molar-refractivity contribution in [1.82, 2.24) is 19.5 Å². The van der Waals surface area contributed by atoms with Crippen LogP contribution in [-0.4, -0.2) is 19.5 Å². The van der Waals surface area contributed by atoms with Gasteiger partial charge in [0.25, 0.3) is 0 Å². The first-order chi connectivity index (χ1) is 20.8. The number of hydrogen-bond donors (Lipinski definition) is 0. The Hall–Kier alpha value is -4.38. The van der Waals surface area contributed by atoms with E-state index in [0.29, 0.717) is 11.6 Å². The normalized spacial score (nSPS) is 13.2. The molecule has 0 saturated carbocycles. The molecular formula is C38H32IrN4O-2. The molecule has 0 spiro atoms. The number of aromatic nitrogens is 4. The molecule has 0 saturated heterocycles. The number of nitrogens with zero attached hydrogens (tertiary/aromatic N) is 4. The van der Waals surface area contributed by atoms with Crippen LogP contribution in [0.2, 0.25) is 0 Å². The van der Waals surface area contributed by atoms with Crippen LogP contribution in [-0.2, 0) is 25.6 Å². The van der Waals surface area contributed by atoms with Crippen LogP contribution in [0.4, 0.5) is 0 Å². The molecule has 0 N–H and O–H groups in total. The number of pyridine rings is 2. The second-order valence-corrected chi connectivity index (χ2v) is 11.9. The molecule has 0 bridgehead atoms. The van der Waals surface area contributed by atoms with E-state index >= 15 is 0 Å². The maximum atomic E-state index is 6.04. The number of furan rings is 1. The van der Waals surface area contributed by atoms with Crippen molar-refractivity contribution in [3.05, 3.63) is 120 Å². The van der Waals surface area contributed by atoms with Crippen molar-refractivity contribution in [3.8, 4) is 22.6 Å². The van der Waals surface area contributed by atoms with Crippen LogP contribution >= 0.6 is 0 Å². The molecule has 5 nitrogen and oxygen atoms in total. The fourth-order valence-electron chi connectivity index (χ4n) is 5.78. The molecule has 1 aliphatic rings. The summed E-state index contributed by atoms with van der Waals surface area (Å²) in [4.78, 5) is 13.9. The summed E-state index contributed by atoms with van der Waals surface area (Å²) in [6.45, 7) is 10.8. The average Bonchev–Trinajstić information content (AvgIpc) is 3.60. The van der Waals surface area contributed by atoms with Crippen LogP contribution in [0.15, 0.2) is 95.6 Å². The van der Waals surface area contributed by atoms with Crippen molar-refractivity contribution in [1.29, 1.82) is 0 Å². The Labute approximate surface area is 271 Å². The van der Waals surface area contributed by atoms with Gasteiger partial charge in [-0.25, -0.2) is 4.98 Å². The van der Waals surface area contributed by atoms with Crippen LogP contribution in [0.1, 0.15) is 50.4 Å². The van der Waals surface area contributed by atoms with Gasteiger partial charge in [0.2, 0.25) is 5.71 Å². The fraction of sp³-hybridized carbons (Fsp3) is 0.184. The van der Waals surface area contributed by atoms with Gasteiger partial charge in [0, 0.05) is 37.4 Å². The number of benzene rings is 3. The zero-order valence-corrected chi connectivity index (χ0v) is 27.7. The minimum atomic E-state index is -0.0812. The first-order valence-electron chi connectivity index (χ1n) is 14.7. The van der Waals surface area contributed by atoms with E-state index in [1.165, 1.54) is 16.6 Å². The number of imidazole rings is 1. The number of aryl methyl sites for hydroxylation is 1. The van der Waals surface area contributed by atoms with Gasteiger partial charge in [0.15, 0.2) is 0 Å². The second kappa shape index (κ2) is 11.6. The molecule has 1 aliphatic heterocycles. The summed E-state index contributed by atoms with van der Waals surface area (Å²) in [6.07, 6.45) is 6.29. The molecule has 6 heteroatoms. The molecule has 0 aliphatic carbocycles. The SMILES string of the molecule is CC1(C)C=Cc2cccc3nc(-c4[c-]cccc4)n1c23.Cc1ccc2c(n1)oc1c(-c3cc(C(C)C)ccn3)[c-]ccc12.[Ir]. The number of para-hydroxylation sites is 1. The van der Waals surface area contributed by atoms with E-state index < -0.39 is 0 Å². The molecule has 3 aromatic carbocycles. The second-order valence-electron chi connectivity index (χ2n) is 11.9. The summed E-state index contributed by atoms with van der Waals surface area (Å²) >= 11 is 0. The fourth-order valence-corrected chi connectivity index (χ4v) is 5.78. The van der Waals surface area contributed by atoms with Gasteiger partial charge < -0.3 is 14.0 Å². The Morgan fingerprint density at radius 2 is 1.75 bits per heavy atom. The van der Waals surface area contributed by atoms with Crippen molar-refractivity contribution < 1.29 is 24.5 Å². The molecule has 4 aromatic heterocycles. The Balaban J connectivity index is 0.000000154. The zero-order valence-electron chi connectivity index (χ0n) is 25.3. The van der Waals surface area contributed by atoms with E-state index in [4.69, 9.17) is 9.40 Å². The molecule has 0 amide bonds. The predicted molar refractivity (Wildman–Crippen MR) is 175 cm³/mol. The molecule has 0 fully saturated rings. The largest absolute Gasteiger partial charge is 0.486 e. The van der Waals surface area contributed by atoms with E-state index in [1.54, 1.807) is 0 Å². The van der Waals surface area contributed by atoms with Crippen LogP contribution in [0, 0.1) is 19.1 Å². The zero-order chi connectivity index (χ0) is 29.7. The molecule has 221 valence electrons. The predicted octanol–water partition coefficient (Wildman–Crippen LogP) is 9.54. The summed E-state index contributed by atoms with van der Waals surface area (Å²) in [7, 11) is 0. The summed E-state index contributed by atoms with van der Waals surface area (Å²) in [6, 6.07) is 33.1. The molecule has 7 aromatic rings. The van der Waals surface area contributed by atoms with E-state index in [-0.39, 0.29) is 25.6 Å². The van der Waals surface area contributed by atoms with Gasteiger partial charge in [-0.2, -0.15) is 0 Å². The minimum Gasteiger partial charge on any atom is -0.486 e. The third-order valence-corrected chi connectivity index (χ3v) is 8.05. The Morgan fingerprint density at radius 3 is 2.55 bits per heavy atom. The van der Waals surface area contributed by atoms with Crippen LogP contribution in [0.25, 0.3) is 61.8 Å². The van der Waals surface area contributed by atoms with Gasteiger partial charge in [-0.3, -0.25) is 4.98 Å². The van der Waals surface area contributed by atoms with Crippen LogP contribution < -0.4 is 0 Å². The molecular weight excluding hydrogens is 721 g/mol. The smallest absolute Gasteiger partial charge is 0.216 e. The molecule has 0 atom stereocenters. The summed E-state index contributed by atoms with van der Waals surface area (Å²) < 4.78 is 8.36. The summed E-state index contributed by atoms with van der Waals surface area (Å²) in [5, 5.41) is 2.08. The first-order valence-corrected chi connectivity index (χ1v) is 14.7. The molecule has 44 heavy (non-hydrogen) atoms.